The van der Waals surface area contributed by atoms with Crippen LogP contribution < -0.4 is 10.2 Å². The van der Waals surface area contributed by atoms with Crippen LogP contribution in [0.3, 0.4) is 0 Å². The lowest BCUT2D eigenvalue weighted by molar-refractivity contribution is 0.101. The molecule has 0 saturated carbocycles. The highest BCUT2D eigenvalue weighted by Gasteiger charge is 2.10. The van der Waals surface area contributed by atoms with Crippen molar-refractivity contribution in [2.24, 2.45) is 0 Å². The molecule has 1 N–H and O–H groups in total. The quantitative estimate of drug-likeness (QED) is 0.759. The van der Waals surface area contributed by atoms with Gasteiger partial charge < -0.3 is 10.2 Å². The number of hydrogen-bond acceptors (Lipinski definition) is 5. The van der Waals surface area contributed by atoms with Gasteiger partial charge in [0.1, 0.15) is 5.82 Å². The standard InChI is InChI=1S/C17H21BrN4O/c1-5-22(6-2)16-9-11(3)19-17(21-16)20-15-8-7-13(12(4)23)10-14(15)18/h7-10H,5-6H2,1-4H3,(H,19,20,21). The summed E-state index contributed by atoms with van der Waals surface area (Å²) in [5.41, 5.74) is 2.39. The lowest BCUT2D eigenvalue weighted by Crippen LogP contribution is -2.23. The monoisotopic (exact) mass is 376 g/mol. The van der Waals surface area contributed by atoms with E-state index in [2.05, 4.69) is 50.0 Å². The van der Waals surface area contributed by atoms with Crippen molar-refractivity contribution in [2.75, 3.05) is 23.3 Å². The van der Waals surface area contributed by atoms with Crippen LogP contribution in [0, 0.1) is 6.92 Å². The van der Waals surface area contributed by atoms with E-state index in [1.54, 1.807) is 19.1 Å². The van der Waals surface area contributed by atoms with Crippen LogP contribution in [0.5, 0.6) is 0 Å². The Morgan fingerprint density at radius 3 is 2.48 bits per heavy atom. The molecule has 0 saturated heterocycles. The third-order valence-electron chi connectivity index (χ3n) is 3.55. The molecule has 1 heterocycles. The number of nitrogens with one attached hydrogen (secondary N) is 1. The van der Waals surface area contributed by atoms with Crippen molar-refractivity contribution in [2.45, 2.75) is 27.7 Å². The maximum Gasteiger partial charge on any atom is 0.229 e. The molecule has 0 spiro atoms. The number of nitrogens with zero attached hydrogens (tertiary/aromatic N) is 3. The van der Waals surface area contributed by atoms with Gasteiger partial charge in [-0.25, -0.2) is 4.98 Å². The van der Waals surface area contributed by atoms with Gasteiger partial charge in [0.05, 0.1) is 5.69 Å². The topological polar surface area (TPSA) is 58.1 Å². The first-order valence-electron chi connectivity index (χ1n) is 7.62. The molecule has 0 bridgehead atoms. The number of hydrogen-bond donors (Lipinski definition) is 1. The number of anilines is 3. The third-order valence-corrected chi connectivity index (χ3v) is 4.21. The normalized spacial score (nSPS) is 10.5. The molecule has 0 unspecified atom stereocenters. The van der Waals surface area contributed by atoms with Gasteiger partial charge in [0.2, 0.25) is 5.95 Å². The second-order valence-electron chi connectivity index (χ2n) is 5.24. The van der Waals surface area contributed by atoms with E-state index in [1.807, 2.05) is 19.1 Å². The zero-order chi connectivity index (χ0) is 17.0. The second-order valence-corrected chi connectivity index (χ2v) is 6.09. The maximum atomic E-state index is 11.4. The summed E-state index contributed by atoms with van der Waals surface area (Å²) in [6, 6.07) is 7.41. The van der Waals surface area contributed by atoms with Gasteiger partial charge in [-0.1, -0.05) is 0 Å². The summed E-state index contributed by atoms with van der Waals surface area (Å²) < 4.78 is 0.805. The number of ketones is 1. The Bertz CT molecular complexity index is 714. The zero-order valence-electron chi connectivity index (χ0n) is 13.9. The van der Waals surface area contributed by atoms with Crippen LogP contribution in [0.25, 0.3) is 0 Å². The van der Waals surface area contributed by atoms with E-state index in [4.69, 9.17) is 0 Å². The molecule has 0 aliphatic carbocycles. The average Bonchev–Trinajstić information content (AvgIpc) is 2.50. The van der Waals surface area contributed by atoms with Crippen molar-refractivity contribution in [3.63, 3.8) is 0 Å². The Morgan fingerprint density at radius 1 is 1.22 bits per heavy atom. The Labute approximate surface area is 145 Å². The van der Waals surface area contributed by atoms with Crippen LogP contribution in [-0.2, 0) is 0 Å². The molecule has 2 rings (SSSR count). The number of rotatable bonds is 6. The number of benzene rings is 1. The molecule has 0 atom stereocenters. The minimum atomic E-state index is 0.0351. The predicted molar refractivity (Wildman–Crippen MR) is 97.8 cm³/mol. The zero-order valence-corrected chi connectivity index (χ0v) is 15.4. The summed E-state index contributed by atoms with van der Waals surface area (Å²) >= 11 is 3.49. The first kappa shape index (κ1) is 17.4. The van der Waals surface area contributed by atoms with Crippen LogP contribution >= 0.6 is 15.9 Å². The van der Waals surface area contributed by atoms with Gasteiger partial charge in [0.25, 0.3) is 0 Å². The van der Waals surface area contributed by atoms with Gasteiger partial charge in [0, 0.05) is 34.9 Å². The number of Topliss-reactive ketones (excluding diaryl/α,β-unsaturated/α-hetero) is 1. The van der Waals surface area contributed by atoms with Gasteiger partial charge in [0.15, 0.2) is 5.78 Å². The number of halogens is 1. The van der Waals surface area contributed by atoms with Crippen molar-refractivity contribution in [3.8, 4) is 0 Å². The van der Waals surface area contributed by atoms with Crippen LogP contribution in [0.1, 0.15) is 36.8 Å². The van der Waals surface area contributed by atoms with Gasteiger partial charge in [-0.3, -0.25) is 4.79 Å². The number of carbonyl (C=O) groups excluding carboxylic acids is 1. The summed E-state index contributed by atoms with van der Waals surface area (Å²) in [6.45, 7) is 9.49. The fourth-order valence-corrected chi connectivity index (χ4v) is 2.75. The SMILES string of the molecule is CCN(CC)c1cc(C)nc(Nc2ccc(C(C)=O)cc2Br)n1. The second kappa shape index (κ2) is 7.55. The molecule has 0 amide bonds. The molecule has 122 valence electrons. The first-order valence-corrected chi connectivity index (χ1v) is 8.42. The highest BCUT2D eigenvalue weighted by atomic mass is 79.9. The van der Waals surface area contributed by atoms with Gasteiger partial charge in [-0.2, -0.15) is 4.98 Å². The molecule has 5 nitrogen and oxygen atoms in total. The average molecular weight is 377 g/mol. The Balaban J connectivity index is 2.31. The lowest BCUT2D eigenvalue weighted by atomic mass is 10.1. The molecule has 6 heteroatoms. The Hall–Kier alpha value is -1.95. The minimum absolute atomic E-state index is 0.0351. The predicted octanol–water partition coefficient (Wildman–Crippen LogP) is 4.34. The highest BCUT2D eigenvalue weighted by Crippen LogP contribution is 2.27. The molecule has 0 aliphatic rings. The third kappa shape index (κ3) is 4.28. The molecule has 0 radical (unpaired) electrons. The fraction of sp³-hybridized carbons (Fsp3) is 0.353. The summed E-state index contributed by atoms with van der Waals surface area (Å²) in [6.07, 6.45) is 0. The summed E-state index contributed by atoms with van der Waals surface area (Å²) in [7, 11) is 0. The van der Waals surface area contributed by atoms with E-state index in [1.165, 1.54) is 0 Å². The number of carbonyl (C=O) groups is 1. The van der Waals surface area contributed by atoms with Gasteiger partial charge in [-0.15, -0.1) is 0 Å². The van der Waals surface area contributed by atoms with E-state index < -0.39 is 0 Å². The van der Waals surface area contributed by atoms with Crippen molar-refractivity contribution in [1.82, 2.24) is 9.97 Å². The maximum absolute atomic E-state index is 11.4. The summed E-state index contributed by atoms with van der Waals surface area (Å²) in [4.78, 5) is 22.6. The largest absolute Gasteiger partial charge is 0.357 e. The smallest absolute Gasteiger partial charge is 0.229 e. The van der Waals surface area contributed by atoms with Crippen LogP contribution in [-0.4, -0.2) is 28.8 Å². The summed E-state index contributed by atoms with van der Waals surface area (Å²) in [5, 5.41) is 3.22. The van der Waals surface area contributed by atoms with Crippen molar-refractivity contribution < 1.29 is 4.79 Å². The van der Waals surface area contributed by atoms with Gasteiger partial charge in [-0.05, 0) is 61.8 Å². The molecular formula is C17H21BrN4O. The lowest BCUT2D eigenvalue weighted by Gasteiger charge is -2.20. The van der Waals surface area contributed by atoms with E-state index in [-0.39, 0.29) is 5.78 Å². The van der Waals surface area contributed by atoms with Crippen molar-refractivity contribution >= 4 is 39.2 Å². The molecule has 1 aromatic heterocycles. The van der Waals surface area contributed by atoms with E-state index in [0.29, 0.717) is 11.5 Å². The molecule has 23 heavy (non-hydrogen) atoms. The number of aryl methyl sites for hydroxylation is 1. The first-order chi connectivity index (χ1) is 10.9. The highest BCUT2D eigenvalue weighted by molar-refractivity contribution is 9.10. The van der Waals surface area contributed by atoms with Gasteiger partial charge >= 0.3 is 0 Å². The van der Waals surface area contributed by atoms with E-state index >= 15 is 0 Å². The van der Waals surface area contributed by atoms with Crippen LogP contribution in [0.2, 0.25) is 0 Å². The molecule has 0 fully saturated rings. The van der Waals surface area contributed by atoms with Crippen molar-refractivity contribution in [3.05, 3.63) is 40.0 Å². The van der Waals surface area contributed by atoms with Crippen molar-refractivity contribution in [1.29, 1.82) is 0 Å². The number of aromatic nitrogens is 2. The molecule has 2 aromatic rings. The van der Waals surface area contributed by atoms with E-state index in [9.17, 15) is 4.79 Å². The van der Waals surface area contributed by atoms with Crippen LogP contribution in [0.15, 0.2) is 28.7 Å². The van der Waals surface area contributed by atoms with E-state index in [0.717, 1.165) is 34.8 Å². The molecule has 1 aromatic carbocycles. The Kier molecular flexibility index (Phi) is 5.71. The molecular weight excluding hydrogens is 356 g/mol. The summed E-state index contributed by atoms with van der Waals surface area (Å²) in [5.74, 6) is 1.48. The van der Waals surface area contributed by atoms with Crippen LogP contribution in [0.4, 0.5) is 17.5 Å². The fourth-order valence-electron chi connectivity index (χ4n) is 2.27. The minimum Gasteiger partial charge on any atom is -0.357 e. The Morgan fingerprint density at radius 2 is 1.91 bits per heavy atom. The molecule has 0 aliphatic heterocycles.